The highest BCUT2D eigenvalue weighted by Gasteiger charge is 2.06. The zero-order valence-corrected chi connectivity index (χ0v) is 20.3. The molecule has 3 heteroatoms. The van der Waals surface area contributed by atoms with Crippen LogP contribution in [0.1, 0.15) is 0 Å². The second kappa shape index (κ2) is 10.3. The number of rotatable bonds is 6. The minimum Gasteiger partial charge on any atom is -0.325 e. The zero-order chi connectivity index (χ0) is 24.9. The average molecular weight is 476 g/mol. The normalized spacial score (nSPS) is 10.7. The van der Waals surface area contributed by atoms with Gasteiger partial charge in [-0.3, -0.25) is 0 Å². The number of hydrogen-bond acceptors (Lipinski definition) is 3. The monoisotopic (exact) mass is 475 g/mol. The first-order valence-corrected chi connectivity index (χ1v) is 12.3. The molecule has 4 aromatic carbocycles. The molecule has 0 aliphatic rings. The van der Waals surface area contributed by atoms with Crippen molar-refractivity contribution < 1.29 is 0 Å². The van der Waals surface area contributed by atoms with E-state index in [1.54, 1.807) is 0 Å². The molecule has 0 aliphatic heterocycles. The molecule has 0 bridgehead atoms. The quantitative estimate of drug-likeness (QED) is 0.261. The van der Waals surface area contributed by atoms with Crippen molar-refractivity contribution in [3.63, 3.8) is 0 Å². The molecule has 3 nitrogen and oxygen atoms in total. The van der Waals surface area contributed by atoms with Crippen molar-refractivity contribution in [2.75, 3.05) is 5.32 Å². The van der Waals surface area contributed by atoms with Gasteiger partial charge in [-0.2, -0.15) is 0 Å². The lowest BCUT2D eigenvalue weighted by Gasteiger charge is -2.10. The molecular weight excluding hydrogens is 450 g/mol. The number of aromatic nitrogens is 2. The molecule has 0 radical (unpaired) electrons. The van der Waals surface area contributed by atoms with Crippen LogP contribution in [0.4, 0.5) is 11.6 Å². The SMILES string of the molecule is c1ccc(-c2ccc(-c3cccc(Nc4cccc(-c5ccc(-c6ccccc6)cc5)n4)n3)cc2)cc1. The molecule has 0 saturated heterocycles. The molecule has 0 amide bonds. The van der Waals surface area contributed by atoms with Gasteiger partial charge in [-0.1, -0.05) is 121 Å². The van der Waals surface area contributed by atoms with Crippen molar-refractivity contribution in [1.29, 1.82) is 0 Å². The maximum atomic E-state index is 4.84. The molecule has 0 unspecified atom stereocenters. The number of nitrogens with zero attached hydrogens (tertiary/aromatic N) is 2. The highest BCUT2D eigenvalue weighted by atomic mass is 15.1. The van der Waals surface area contributed by atoms with E-state index >= 15 is 0 Å². The van der Waals surface area contributed by atoms with Gasteiger partial charge in [0, 0.05) is 11.1 Å². The second-order valence-electron chi connectivity index (χ2n) is 8.83. The van der Waals surface area contributed by atoms with Crippen molar-refractivity contribution in [1.82, 2.24) is 9.97 Å². The number of hydrogen-bond donors (Lipinski definition) is 1. The standard InChI is InChI=1S/C34H25N3/c1-3-9-25(10-4-1)27-17-21-29(22-18-27)31-13-7-15-33(35-31)37-34-16-8-14-32(36-34)30-23-19-28(20-24-30)26-11-5-2-6-12-26/h1-24H,(H,35,36,37). The molecule has 0 aliphatic carbocycles. The first-order valence-electron chi connectivity index (χ1n) is 12.3. The Hall–Kier alpha value is -5.02. The lowest BCUT2D eigenvalue weighted by molar-refractivity contribution is 1.25. The highest BCUT2D eigenvalue weighted by molar-refractivity contribution is 5.71. The molecule has 0 fully saturated rings. The van der Waals surface area contributed by atoms with Crippen LogP contribution in [0.25, 0.3) is 44.8 Å². The molecule has 2 aromatic heterocycles. The van der Waals surface area contributed by atoms with Gasteiger partial charge in [0.05, 0.1) is 11.4 Å². The van der Waals surface area contributed by atoms with E-state index in [0.717, 1.165) is 34.2 Å². The summed E-state index contributed by atoms with van der Waals surface area (Å²) >= 11 is 0. The van der Waals surface area contributed by atoms with Crippen LogP contribution < -0.4 is 5.32 Å². The van der Waals surface area contributed by atoms with E-state index in [1.807, 2.05) is 48.5 Å². The fraction of sp³-hybridized carbons (Fsp3) is 0. The first kappa shape index (κ1) is 22.4. The van der Waals surface area contributed by atoms with Crippen molar-refractivity contribution in [2.24, 2.45) is 0 Å². The Bertz CT molecular complexity index is 1480. The third-order valence-corrected chi connectivity index (χ3v) is 6.33. The fourth-order valence-corrected chi connectivity index (χ4v) is 4.39. The van der Waals surface area contributed by atoms with E-state index in [1.165, 1.54) is 22.3 Å². The molecule has 2 heterocycles. The Labute approximate surface area is 217 Å². The minimum atomic E-state index is 0.758. The summed E-state index contributed by atoms with van der Waals surface area (Å²) in [5.41, 5.74) is 8.77. The predicted molar refractivity (Wildman–Crippen MR) is 154 cm³/mol. The van der Waals surface area contributed by atoms with E-state index in [9.17, 15) is 0 Å². The van der Waals surface area contributed by atoms with Crippen molar-refractivity contribution in [3.05, 3.63) is 146 Å². The molecule has 1 N–H and O–H groups in total. The van der Waals surface area contributed by atoms with Gasteiger partial charge in [-0.25, -0.2) is 9.97 Å². The van der Waals surface area contributed by atoms with Gasteiger partial charge in [0.25, 0.3) is 0 Å². The predicted octanol–water partition coefficient (Wildman–Crippen LogP) is 8.89. The van der Waals surface area contributed by atoms with Gasteiger partial charge in [0.2, 0.25) is 0 Å². The summed E-state index contributed by atoms with van der Waals surface area (Å²) in [7, 11) is 0. The van der Waals surface area contributed by atoms with Crippen LogP contribution in [-0.4, -0.2) is 9.97 Å². The summed E-state index contributed by atoms with van der Waals surface area (Å²) in [6.45, 7) is 0. The van der Waals surface area contributed by atoms with E-state index in [-0.39, 0.29) is 0 Å². The van der Waals surface area contributed by atoms with Crippen molar-refractivity contribution in [3.8, 4) is 44.8 Å². The Morgan fingerprint density at radius 2 is 0.649 bits per heavy atom. The van der Waals surface area contributed by atoms with Crippen LogP contribution in [0.2, 0.25) is 0 Å². The van der Waals surface area contributed by atoms with E-state index in [2.05, 4.69) is 102 Å². The summed E-state index contributed by atoms with van der Waals surface area (Å²) in [5, 5.41) is 3.38. The summed E-state index contributed by atoms with van der Waals surface area (Å²) in [5.74, 6) is 1.52. The Morgan fingerprint density at radius 1 is 0.297 bits per heavy atom. The summed E-state index contributed by atoms with van der Waals surface area (Å²) < 4.78 is 0. The van der Waals surface area contributed by atoms with Crippen LogP contribution in [0.15, 0.2) is 146 Å². The second-order valence-corrected chi connectivity index (χ2v) is 8.83. The van der Waals surface area contributed by atoms with Crippen LogP contribution in [0.5, 0.6) is 0 Å². The number of pyridine rings is 2. The lowest BCUT2D eigenvalue weighted by Crippen LogP contribution is -1.98. The van der Waals surface area contributed by atoms with Crippen LogP contribution >= 0.6 is 0 Å². The molecule has 37 heavy (non-hydrogen) atoms. The van der Waals surface area contributed by atoms with Gasteiger partial charge < -0.3 is 5.32 Å². The maximum Gasteiger partial charge on any atom is 0.132 e. The highest BCUT2D eigenvalue weighted by Crippen LogP contribution is 2.27. The fourth-order valence-electron chi connectivity index (χ4n) is 4.39. The Morgan fingerprint density at radius 3 is 1.05 bits per heavy atom. The molecule has 6 rings (SSSR count). The smallest absolute Gasteiger partial charge is 0.132 e. The number of benzene rings is 4. The first-order chi connectivity index (χ1) is 18.3. The summed E-state index contributed by atoms with van der Waals surface area (Å²) in [4.78, 5) is 9.67. The third-order valence-electron chi connectivity index (χ3n) is 6.33. The number of nitrogens with one attached hydrogen (secondary N) is 1. The van der Waals surface area contributed by atoms with E-state index in [4.69, 9.17) is 9.97 Å². The zero-order valence-electron chi connectivity index (χ0n) is 20.3. The van der Waals surface area contributed by atoms with E-state index in [0.29, 0.717) is 0 Å². The average Bonchev–Trinajstić information content (AvgIpc) is 2.99. The summed E-state index contributed by atoms with van der Waals surface area (Å²) in [6.07, 6.45) is 0. The molecule has 0 atom stereocenters. The van der Waals surface area contributed by atoms with Gasteiger partial charge in [0.15, 0.2) is 0 Å². The maximum absolute atomic E-state index is 4.84. The molecule has 6 aromatic rings. The Kier molecular flexibility index (Phi) is 6.25. The van der Waals surface area contributed by atoms with Crippen LogP contribution in [-0.2, 0) is 0 Å². The van der Waals surface area contributed by atoms with Gasteiger partial charge in [-0.05, 0) is 46.5 Å². The van der Waals surface area contributed by atoms with Crippen molar-refractivity contribution in [2.45, 2.75) is 0 Å². The number of anilines is 2. The minimum absolute atomic E-state index is 0.758. The molecule has 0 spiro atoms. The summed E-state index contributed by atoms with van der Waals surface area (Å²) in [6, 6.07) is 49.8. The van der Waals surface area contributed by atoms with Crippen LogP contribution in [0, 0.1) is 0 Å². The molecule has 176 valence electrons. The largest absolute Gasteiger partial charge is 0.325 e. The van der Waals surface area contributed by atoms with Gasteiger partial charge >= 0.3 is 0 Å². The van der Waals surface area contributed by atoms with Gasteiger partial charge in [-0.15, -0.1) is 0 Å². The third kappa shape index (κ3) is 5.16. The Balaban J connectivity index is 1.20. The topological polar surface area (TPSA) is 37.8 Å². The molecular formula is C34H25N3. The van der Waals surface area contributed by atoms with Crippen LogP contribution in [0.3, 0.4) is 0 Å². The van der Waals surface area contributed by atoms with Crippen molar-refractivity contribution >= 4 is 11.6 Å². The van der Waals surface area contributed by atoms with E-state index < -0.39 is 0 Å². The van der Waals surface area contributed by atoms with Gasteiger partial charge in [0.1, 0.15) is 11.6 Å². The molecule has 0 saturated carbocycles. The lowest BCUT2D eigenvalue weighted by atomic mass is 10.0.